The Bertz CT molecular complexity index is 1620. The number of amides is 3. The number of thioether (sulfide) groups is 1. The van der Waals surface area contributed by atoms with Crippen LogP contribution in [0.2, 0.25) is 0 Å². The van der Waals surface area contributed by atoms with Gasteiger partial charge < -0.3 is 10.6 Å². The Hall–Kier alpha value is -4.69. The minimum atomic E-state index is -0.541. The van der Waals surface area contributed by atoms with Gasteiger partial charge in [-0.15, -0.1) is 0 Å². The molecular formula is C31H24FN3O3S. The van der Waals surface area contributed by atoms with Gasteiger partial charge >= 0.3 is 0 Å². The average molecular weight is 538 g/mol. The standard InChI is InChI=1S/C31H24FN3O3S/c1-19-11-14-24(17-20(19)2)33-27-28(31(38)35(30(27)37)25-15-12-22(32)13-16-25)39-26-10-6-9-23(18-26)34-29(36)21-7-4-3-5-8-21/h3-18,33H,1-2H3,(H,34,36). The monoisotopic (exact) mass is 537 g/mol. The summed E-state index contributed by atoms with van der Waals surface area (Å²) in [5.41, 5.74) is 4.25. The van der Waals surface area contributed by atoms with Crippen molar-refractivity contribution in [2.24, 2.45) is 0 Å². The Morgan fingerprint density at radius 1 is 0.769 bits per heavy atom. The lowest BCUT2D eigenvalue weighted by Gasteiger charge is -2.15. The molecular weight excluding hydrogens is 513 g/mol. The molecule has 0 bridgehead atoms. The number of benzene rings is 4. The molecule has 1 aliphatic rings. The first kappa shape index (κ1) is 25.9. The maximum Gasteiger partial charge on any atom is 0.283 e. The van der Waals surface area contributed by atoms with Gasteiger partial charge in [0.15, 0.2) is 0 Å². The molecule has 0 saturated carbocycles. The zero-order chi connectivity index (χ0) is 27.5. The zero-order valence-corrected chi connectivity index (χ0v) is 22.0. The molecule has 4 aromatic rings. The predicted octanol–water partition coefficient (Wildman–Crippen LogP) is 6.68. The second kappa shape index (κ2) is 11.0. The van der Waals surface area contributed by atoms with Gasteiger partial charge in [-0.05, 0) is 91.7 Å². The summed E-state index contributed by atoms with van der Waals surface area (Å²) in [6.45, 7) is 3.95. The number of hydrogen-bond donors (Lipinski definition) is 2. The van der Waals surface area contributed by atoms with Crippen LogP contribution in [0, 0.1) is 19.7 Å². The Morgan fingerprint density at radius 2 is 1.51 bits per heavy atom. The van der Waals surface area contributed by atoms with Crippen molar-refractivity contribution in [3.8, 4) is 0 Å². The van der Waals surface area contributed by atoms with Crippen LogP contribution in [0.15, 0.2) is 113 Å². The van der Waals surface area contributed by atoms with Gasteiger partial charge in [0, 0.05) is 21.8 Å². The van der Waals surface area contributed by atoms with Crippen LogP contribution in [0.3, 0.4) is 0 Å². The van der Waals surface area contributed by atoms with Crippen molar-refractivity contribution in [1.29, 1.82) is 0 Å². The van der Waals surface area contributed by atoms with E-state index in [1.165, 1.54) is 24.3 Å². The molecule has 0 spiro atoms. The summed E-state index contributed by atoms with van der Waals surface area (Å²) in [5, 5.41) is 6.01. The van der Waals surface area contributed by atoms with E-state index in [0.29, 0.717) is 21.8 Å². The molecule has 5 rings (SSSR count). The third-order valence-corrected chi connectivity index (χ3v) is 7.32. The smallest absolute Gasteiger partial charge is 0.283 e. The summed E-state index contributed by atoms with van der Waals surface area (Å²) in [7, 11) is 0. The molecule has 2 N–H and O–H groups in total. The first-order valence-electron chi connectivity index (χ1n) is 12.2. The third-order valence-electron chi connectivity index (χ3n) is 6.25. The van der Waals surface area contributed by atoms with E-state index in [1.807, 2.05) is 38.1 Å². The fourth-order valence-electron chi connectivity index (χ4n) is 4.05. The number of carbonyl (C=O) groups excluding carboxylic acids is 3. The lowest BCUT2D eigenvalue weighted by atomic mass is 10.1. The molecule has 0 aliphatic carbocycles. The maximum absolute atomic E-state index is 13.6. The number of imide groups is 1. The number of halogens is 1. The van der Waals surface area contributed by atoms with Crippen LogP contribution in [-0.2, 0) is 9.59 Å². The largest absolute Gasteiger partial charge is 0.350 e. The van der Waals surface area contributed by atoms with Gasteiger partial charge in [-0.25, -0.2) is 9.29 Å². The number of rotatable bonds is 7. The van der Waals surface area contributed by atoms with E-state index < -0.39 is 17.6 Å². The number of anilines is 3. The van der Waals surface area contributed by atoms with E-state index >= 15 is 0 Å². The summed E-state index contributed by atoms with van der Waals surface area (Å²) in [6.07, 6.45) is 0. The molecule has 0 unspecified atom stereocenters. The first-order chi connectivity index (χ1) is 18.8. The predicted molar refractivity (Wildman–Crippen MR) is 152 cm³/mol. The molecule has 4 aromatic carbocycles. The molecule has 0 radical (unpaired) electrons. The molecule has 8 heteroatoms. The van der Waals surface area contributed by atoms with Crippen LogP contribution in [0.1, 0.15) is 21.5 Å². The van der Waals surface area contributed by atoms with E-state index in [4.69, 9.17) is 0 Å². The molecule has 0 fully saturated rings. The van der Waals surface area contributed by atoms with Crippen molar-refractivity contribution in [1.82, 2.24) is 0 Å². The van der Waals surface area contributed by atoms with E-state index in [1.54, 1.807) is 48.5 Å². The van der Waals surface area contributed by atoms with Gasteiger partial charge in [0.25, 0.3) is 17.7 Å². The summed E-state index contributed by atoms with van der Waals surface area (Å²) >= 11 is 1.12. The van der Waals surface area contributed by atoms with Crippen LogP contribution in [0.25, 0.3) is 0 Å². The van der Waals surface area contributed by atoms with Crippen LogP contribution >= 0.6 is 11.8 Å². The van der Waals surface area contributed by atoms with E-state index in [-0.39, 0.29) is 22.2 Å². The minimum absolute atomic E-state index is 0.122. The molecule has 0 aromatic heterocycles. The number of nitrogens with zero attached hydrogens (tertiary/aromatic N) is 1. The van der Waals surface area contributed by atoms with Crippen molar-refractivity contribution >= 4 is 46.5 Å². The van der Waals surface area contributed by atoms with E-state index in [2.05, 4.69) is 10.6 Å². The number of hydrogen-bond acceptors (Lipinski definition) is 5. The molecule has 0 atom stereocenters. The fraction of sp³-hybridized carbons (Fsp3) is 0.0645. The highest BCUT2D eigenvalue weighted by Crippen LogP contribution is 2.38. The van der Waals surface area contributed by atoms with Gasteiger partial charge in [-0.2, -0.15) is 0 Å². The lowest BCUT2D eigenvalue weighted by molar-refractivity contribution is -0.120. The number of carbonyl (C=O) groups is 3. The highest BCUT2D eigenvalue weighted by molar-refractivity contribution is 8.04. The maximum atomic E-state index is 13.6. The van der Waals surface area contributed by atoms with Crippen molar-refractivity contribution in [2.75, 3.05) is 15.5 Å². The second-order valence-electron chi connectivity index (χ2n) is 9.00. The molecule has 194 valence electrons. The molecule has 0 saturated heterocycles. The van der Waals surface area contributed by atoms with Crippen LogP contribution in [0.4, 0.5) is 21.5 Å². The highest BCUT2D eigenvalue weighted by atomic mass is 32.2. The van der Waals surface area contributed by atoms with E-state index in [9.17, 15) is 18.8 Å². The van der Waals surface area contributed by atoms with Crippen molar-refractivity contribution < 1.29 is 18.8 Å². The van der Waals surface area contributed by atoms with Crippen molar-refractivity contribution in [2.45, 2.75) is 18.7 Å². The van der Waals surface area contributed by atoms with Crippen LogP contribution < -0.4 is 15.5 Å². The topological polar surface area (TPSA) is 78.5 Å². The fourth-order valence-corrected chi connectivity index (χ4v) is 5.04. The van der Waals surface area contributed by atoms with Gasteiger partial charge in [-0.1, -0.05) is 42.1 Å². The Balaban J connectivity index is 1.47. The Morgan fingerprint density at radius 3 is 2.23 bits per heavy atom. The van der Waals surface area contributed by atoms with Crippen LogP contribution in [0.5, 0.6) is 0 Å². The van der Waals surface area contributed by atoms with Gasteiger partial charge in [-0.3, -0.25) is 14.4 Å². The summed E-state index contributed by atoms with van der Waals surface area (Å²) in [5.74, 6) is -1.80. The molecule has 39 heavy (non-hydrogen) atoms. The highest BCUT2D eigenvalue weighted by Gasteiger charge is 2.40. The summed E-state index contributed by atoms with van der Waals surface area (Å²) in [4.78, 5) is 41.6. The number of nitrogens with one attached hydrogen (secondary N) is 2. The van der Waals surface area contributed by atoms with Gasteiger partial charge in [0.05, 0.1) is 5.69 Å². The Labute approximate surface area is 229 Å². The second-order valence-corrected chi connectivity index (χ2v) is 10.1. The summed E-state index contributed by atoms with van der Waals surface area (Å²) in [6, 6.07) is 26.8. The molecule has 1 heterocycles. The minimum Gasteiger partial charge on any atom is -0.350 e. The van der Waals surface area contributed by atoms with Crippen molar-refractivity contribution in [3.63, 3.8) is 0 Å². The lowest BCUT2D eigenvalue weighted by Crippen LogP contribution is -2.32. The first-order valence-corrected chi connectivity index (χ1v) is 13.0. The quantitative estimate of drug-likeness (QED) is 0.257. The summed E-state index contributed by atoms with van der Waals surface area (Å²) < 4.78 is 13.6. The average Bonchev–Trinajstić information content (AvgIpc) is 3.16. The third kappa shape index (κ3) is 5.61. The van der Waals surface area contributed by atoms with Crippen molar-refractivity contribution in [3.05, 3.63) is 130 Å². The van der Waals surface area contributed by atoms with Crippen LogP contribution in [-0.4, -0.2) is 17.7 Å². The molecule has 3 amide bonds. The molecule has 1 aliphatic heterocycles. The normalized spacial score (nSPS) is 13.2. The SMILES string of the molecule is Cc1ccc(NC2=C(Sc3cccc(NC(=O)c4ccccc4)c3)C(=O)N(c3ccc(F)cc3)C2=O)cc1C. The number of aryl methyl sites for hydroxylation is 2. The van der Waals surface area contributed by atoms with E-state index in [0.717, 1.165) is 27.8 Å². The Kier molecular flexibility index (Phi) is 7.29. The van der Waals surface area contributed by atoms with Gasteiger partial charge in [0.2, 0.25) is 0 Å². The zero-order valence-electron chi connectivity index (χ0n) is 21.2. The molecule has 6 nitrogen and oxygen atoms in total. The van der Waals surface area contributed by atoms with Gasteiger partial charge in [0.1, 0.15) is 16.4 Å².